The van der Waals surface area contributed by atoms with Gasteiger partial charge in [-0.2, -0.15) is 4.57 Å². The van der Waals surface area contributed by atoms with Crippen LogP contribution >= 0.6 is 11.3 Å². The fourth-order valence-corrected chi connectivity index (χ4v) is 3.48. The number of aryl methyl sites for hydroxylation is 2. The molecule has 3 aromatic rings. The lowest BCUT2D eigenvalue weighted by molar-refractivity contribution is -0.665. The zero-order valence-corrected chi connectivity index (χ0v) is 12.7. The van der Waals surface area contributed by atoms with Crippen LogP contribution in [0.25, 0.3) is 22.4 Å². The second-order valence-corrected chi connectivity index (χ2v) is 5.96. The van der Waals surface area contributed by atoms with Crippen LogP contribution in [-0.4, -0.2) is 0 Å². The van der Waals surface area contributed by atoms with E-state index < -0.39 is 0 Å². The van der Waals surface area contributed by atoms with E-state index in [0.29, 0.717) is 0 Å². The van der Waals surface area contributed by atoms with Crippen molar-refractivity contribution >= 4 is 33.7 Å². The average molecular weight is 280 g/mol. The number of thiazole rings is 1. The Bertz CT molecular complexity index is 751. The van der Waals surface area contributed by atoms with Crippen LogP contribution in [-0.2, 0) is 6.54 Å². The normalized spacial score (nSPS) is 11.5. The molecular weight excluding hydrogens is 262 g/mol. The second kappa shape index (κ2) is 5.59. The Morgan fingerprint density at radius 2 is 1.75 bits per heavy atom. The summed E-state index contributed by atoms with van der Waals surface area (Å²) in [6.07, 6.45) is 4.41. The summed E-state index contributed by atoms with van der Waals surface area (Å²) >= 11 is 1.85. The van der Waals surface area contributed by atoms with Gasteiger partial charge in [-0.3, -0.25) is 0 Å². The van der Waals surface area contributed by atoms with Crippen molar-refractivity contribution in [1.82, 2.24) is 0 Å². The molecule has 0 aliphatic rings. The fourth-order valence-electron chi connectivity index (χ4n) is 2.35. The van der Waals surface area contributed by atoms with Gasteiger partial charge in [-0.1, -0.05) is 53.3 Å². The third-order valence-electron chi connectivity index (χ3n) is 3.45. The standard InChI is InChI=1S/C18H18NS/c1-3-19-16-6-4-5-7-17(16)20-18(19)13-12-15-10-8-14(2)9-11-15/h4-13H,3H2,1-2H3/q+1/b13-12+. The Labute approximate surface area is 123 Å². The van der Waals surface area contributed by atoms with Crippen LogP contribution in [0.3, 0.4) is 0 Å². The smallest absolute Gasteiger partial charge is 0.182 e. The van der Waals surface area contributed by atoms with Crippen molar-refractivity contribution in [2.24, 2.45) is 0 Å². The molecule has 0 amide bonds. The molecule has 0 fully saturated rings. The van der Waals surface area contributed by atoms with Crippen molar-refractivity contribution in [1.29, 1.82) is 0 Å². The molecule has 2 heteroatoms. The highest BCUT2D eigenvalue weighted by atomic mass is 32.1. The maximum absolute atomic E-state index is 2.37. The summed E-state index contributed by atoms with van der Waals surface area (Å²) in [5.74, 6) is 0. The van der Waals surface area contributed by atoms with Crippen molar-refractivity contribution in [2.75, 3.05) is 0 Å². The van der Waals surface area contributed by atoms with E-state index in [9.17, 15) is 0 Å². The van der Waals surface area contributed by atoms with Crippen molar-refractivity contribution in [3.8, 4) is 0 Å². The first kappa shape index (κ1) is 13.1. The third kappa shape index (κ3) is 2.52. The van der Waals surface area contributed by atoms with Crippen LogP contribution < -0.4 is 4.57 Å². The van der Waals surface area contributed by atoms with Gasteiger partial charge in [0.1, 0.15) is 11.2 Å². The summed E-state index contributed by atoms with van der Waals surface area (Å²) in [6.45, 7) is 5.31. The van der Waals surface area contributed by atoms with Gasteiger partial charge in [-0.05, 0) is 31.6 Å². The predicted octanol–water partition coefficient (Wildman–Crippen LogP) is 4.69. The van der Waals surface area contributed by atoms with Crippen LogP contribution in [0.2, 0.25) is 0 Å². The topological polar surface area (TPSA) is 3.88 Å². The Morgan fingerprint density at radius 1 is 1.00 bits per heavy atom. The lowest BCUT2D eigenvalue weighted by Gasteiger charge is -1.94. The summed E-state index contributed by atoms with van der Waals surface area (Å²) in [6, 6.07) is 17.2. The molecule has 0 spiro atoms. The quantitative estimate of drug-likeness (QED) is 0.613. The molecule has 3 rings (SSSR count). The molecular formula is C18H18NS+. The predicted molar refractivity (Wildman–Crippen MR) is 87.8 cm³/mol. The molecule has 0 atom stereocenters. The number of nitrogens with zero attached hydrogens (tertiary/aromatic N) is 1. The summed E-state index contributed by atoms with van der Waals surface area (Å²) < 4.78 is 3.71. The van der Waals surface area contributed by atoms with Crippen molar-refractivity contribution in [3.63, 3.8) is 0 Å². The molecule has 1 nitrogen and oxygen atoms in total. The number of aromatic nitrogens is 1. The molecule has 1 heterocycles. The van der Waals surface area contributed by atoms with Crippen molar-refractivity contribution in [3.05, 3.63) is 64.7 Å². The molecule has 0 aliphatic heterocycles. The highest BCUT2D eigenvalue weighted by molar-refractivity contribution is 7.18. The van der Waals surface area contributed by atoms with E-state index in [1.165, 1.54) is 26.4 Å². The van der Waals surface area contributed by atoms with Crippen LogP contribution in [0.5, 0.6) is 0 Å². The summed E-state index contributed by atoms with van der Waals surface area (Å²) in [5, 5.41) is 1.30. The molecule has 1 aromatic heterocycles. The summed E-state index contributed by atoms with van der Waals surface area (Å²) in [4.78, 5) is 0. The zero-order chi connectivity index (χ0) is 13.9. The number of fused-ring (bicyclic) bond motifs is 1. The summed E-state index contributed by atoms with van der Waals surface area (Å²) in [5.41, 5.74) is 3.87. The van der Waals surface area contributed by atoms with E-state index >= 15 is 0 Å². The molecule has 0 radical (unpaired) electrons. The molecule has 0 bridgehead atoms. The SMILES string of the molecule is CC[n+]1c(/C=C/c2ccc(C)cc2)sc2ccccc21. The maximum Gasteiger partial charge on any atom is 0.262 e. The second-order valence-electron chi connectivity index (χ2n) is 4.90. The number of hydrogen-bond donors (Lipinski definition) is 0. The molecule has 0 N–H and O–H groups in total. The minimum Gasteiger partial charge on any atom is -0.182 e. The van der Waals surface area contributed by atoms with Gasteiger partial charge in [0.05, 0.1) is 0 Å². The first-order valence-corrected chi connectivity index (χ1v) is 7.75. The fraction of sp³-hybridized carbons (Fsp3) is 0.167. The van der Waals surface area contributed by atoms with E-state index in [4.69, 9.17) is 0 Å². The molecule has 2 aromatic carbocycles. The zero-order valence-electron chi connectivity index (χ0n) is 11.8. The molecule has 20 heavy (non-hydrogen) atoms. The molecule has 100 valence electrons. The third-order valence-corrected chi connectivity index (χ3v) is 4.58. The van der Waals surface area contributed by atoms with Gasteiger partial charge in [0.25, 0.3) is 5.01 Å². The number of para-hydroxylation sites is 1. The minimum absolute atomic E-state index is 0.998. The van der Waals surface area contributed by atoms with Gasteiger partial charge in [0.2, 0.25) is 5.52 Å². The number of hydrogen-bond acceptors (Lipinski definition) is 1. The van der Waals surface area contributed by atoms with Gasteiger partial charge in [0, 0.05) is 12.1 Å². The highest BCUT2D eigenvalue weighted by Crippen LogP contribution is 2.21. The molecule has 0 aliphatic carbocycles. The number of rotatable bonds is 3. The van der Waals surface area contributed by atoms with Crippen LogP contribution in [0.15, 0.2) is 48.5 Å². The maximum atomic E-state index is 2.37. The largest absolute Gasteiger partial charge is 0.262 e. The monoisotopic (exact) mass is 280 g/mol. The van der Waals surface area contributed by atoms with Gasteiger partial charge in [0.15, 0.2) is 0 Å². The van der Waals surface area contributed by atoms with E-state index in [-0.39, 0.29) is 0 Å². The van der Waals surface area contributed by atoms with Gasteiger partial charge in [-0.15, -0.1) is 0 Å². The van der Waals surface area contributed by atoms with Crippen molar-refractivity contribution in [2.45, 2.75) is 20.4 Å². The van der Waals surface area contributed by atoms with Crippen LogP contribution in [0, 0.1) is 6.92 Å². The number of benzene rings is 2. The van der Waals surface area contributed by atoms with E-state index in [0.717, 1.165) is 6.54 Å². The average Bonchev–Trinajstić information content (AvgIpc) is 2.84. The van der Waals surface area contributed by atoms with Crippen molar-refractivity contribution < 1.29 is 4.57 Å². The minimum atomic E-state index is 0.998. The lowest BCUT2D eigenvalue weighted by atomic mass is 10.1. The Balaban J connectivity index is 1.99. The lowest BCUT2D eigenvalue weighted by Crippen LogP contribution is -2.33. The van der Waals surface area contributed by atoms with E-state index in [1.54, 1.807) is 0 Å². The molecule has 0 saturated heterocycles. The van der Waals surface area contributed by atoms with E-state index in [2.05, 4.69) is 79.1 Å². The van der Waals surface area contributed by atoms with Gasteiger partial charge in [-0.25, -0.2) is 0 Å². The van der Waals surface area contributed by atoms with Crippen LogP contribution in [0.1, 0.15) is 23.1 Å². The van der Waals surface area contributed by atoms with Gasteiger partial charge >= 0.3 is 0 Å². The first-order chi connectivity index (χ1) is 9.78. The highest BCUT2D eigenvalue weighted by Gasteiger charge is 2.15. The first-order valence-electron chi connectivity index (χ1n) is 6.94. The van der Waals surface area contributed by atoms with E-state index in [1.807, 2.05) is 11.3 Å². The molecule has 0 saturated carbocycles. The Hall–Kier alpha value is -1.93. The Morgan fingerprint density at radius 3 is 2.50 bits per heavy atom. The Kier molecular flexibility index (Phi) is 3.66. The summed E-state index contributed by atoms with van der Waals surface area (Å²) in [7, 11) is 0. The van der Waals surface area contributed by atoms with Gasteiger partial charge < -0.3 is 0 Å². The van der Waals surface area contributed by atoms with Crippen LogP contribution in [0.4, 0.5) is 0 Å². The molecule has 0 unspecified atom stereocenters.